The van der Waals surface area contributed by atoms with Gasteiger partial charge in [0.25, 0.3) is 0 Å². The molecule has 0 saturated carbocycles. The van der Waals surface area contributed by atoms with Gasteiger partial charge >= 0.3 is 0 Å². The lowest BCUT2D eigenvalue weighted by atomic mass is 9.95. The van der Waals surface area contributed by atoms with Crippen molar-refractivity contribution in [3.8, 4) is 0 Å². The minimum Gasteiger partial charge on any atom is -0.103 e. The van der Waals surface area contributed by atoms with Crippen molar-refractivity contribution in [1.29, 1.82) is 0 Å². The van der Waals surface area contributed by atoms with Gasteiger partial charge in [-0.15, -0.1) is 6.58 Å². The lowest BCUT2D eigenvalue weighted by Crippen LogP contribution is -1.97. The van der Waals surface area contributed by atoms with E-state index in [2.05, 4.69) is 32.9 Å². The van der Waals surface area contributed by atoms with Crippen molar-refractivity contribution in [2.45, 2.75) is 58.8 Å². The first kappa shape index (κ1) is 12.7. The summed E-state index contributed by atoms with van der Waals surface area (Å²) in [5, 5.41) is 0. The molecule has 0 spiro atoms. The van der Waals surface area contributed by atoms with Crippen molar-refractivity contribution in [2.24, 2.45) is 5.92 Å². The van der Waals surface area contributed by atoms with Gasteiger partial charge in [-0.2, -0.15) is 0 Å². The molecule has 0 aliphatic rings. The van der Waals surface area contributed by atoms with E-state index in [0.29, 0.717) is 5.92 Å². The van der Waals surface area contributed by atoms with Gasteiger partial charge in [-0.25, -0.2) is 0 Å². The van der Waals surface area contributed by atoms with Gasteiger partial charge in [0.1, 0.15) is 0 Å². The molecular formula is C13H25. The fourth-order valence-corrected chi connectivity index (χ4v) is 1.50. The maximum atomic E-state index is 3.89. The van der Waals surface area contributed by atoms with E-state index < -0.39 is 0 Å². The molecule has 1 unspecified atom stereocenters. The molecule has 0 heterocycles. The SMILES string of the molecule is C=CC([CH]CCCC)CCCCC. The Hall–Kier alpha value is -0.260. The molecule has 77 valence electrons. The average Bonchev–Trinajstić information content (AvgIpc) is 2.16. The van der Waals surface area contributed by atoms with Crippen molar-refractivity contribution in [3.05, 3.63) is 19.1 Å². The first-order valence-corrected chi connectivity index (χ1v) is 5.81. The molecule has 0 rings (SSSR count). The van der Waals surface area contributed by atoms with Crippen LogP contribution in [0, 0.1) is 12.3 Å². The number of hydrogen-bond acceptors (Lipinski definition) is 0. The standard InChI is InChI=1S/C13H25/c1-4-7-9-11-13(6-3)12-10-8-5-2/h6,11,13H,3-5,7-10,12H2,1-2H3. The largest absolute Gasteiger partial charge is 0.103 e. The topological polar surface area (TPSA) is 0 Å². The smallest absolute Gasteiger partial charge is 0.0205 e. The summed E-state index contributed by atoms with van der Waals surface area (Å²) in [6, 6.07) is 0. The fourth-order valence-electron chi connectivity index (χ4n) is 1.50. The fraction of sp³-hybridized carbons (Fsp3) is 0.769. The number of unbranched alkanes of at least 4 members (excludes halogenated alkanes) is 4. The summed E-state index contributed by atoms with van der Waals surface area (Å²) >= 11 is 0. The minimum absolute atomic E-state index is 0.665. The Morgan fingerprint density at radius 2 is 1.77 bits per heavy atom. The zero-order valence-corrected chi connectivity index (χ0v) is 9.39. The van der Waals surface area contributed by atoms with Crippen LogP contribution in [0.1, 0.15) is 58.8 Å². The third kappa shape index (κ3) is 8.08. The lowest BCUT2D eigenvalue weighted by Gasteiger charge is -2.10. The third-order valence-electron chi connectivity index (χ3n) is 2.47. The molecule has 0 amide bonds. The molecule has 0 heteroatoms. The molecule has 0 aromatic rings. The second-order valence-electron chi connectivity index (χ2n) is 3.77. The molecule has 0 aliphatic heterocycles. The third-order valence-corrected chi connectivity index (χ3v) is 2.47. The molecule has 1 atom stereocenters. The van der Waals surface area contributed by atoms with Crippen LogP contribution in [0.25, 0.3) is 0 Å². The van der Waals surface area contributed by atoms with Gasteiger partial charge in [0.2, 0.25) is 0 Å². The first-order valence-electron chi connectivity index (χ1n) is 5.81. The number of hydrogen-bond donors (Lipinski definition) is 0. The maximum Gasteiger partial charge on any atom is -0.0205 e. The van der Waals surface area contributed by atoms with Crippen molar-refractivity contribution in [1.82, 2.24) is 0 Å². The molecule has 0 N–H and O–H groups in total. The molecule has 0 saturated heterocycles. The van der Waals surface area contributed by atoms with Crippen molar-refractivity contribution < 1.29 is 0 Å². The van der Waals surface area contributed by atoms with Crippen LogP contribution >= 0.6 is 0 Å². The van der Waals surface area contributed by atoms with Crippen LogP contribution in [0.3, 0.4) is 0 Å². The van der Waals surface area contributed by atoms with Crippen molar-refractivity contribution >= 4 is 0 Å². The van der Waals surface area contributed by atoms with E-state index in [1.165, 1.54) is 44.9 Å². The Morgan fingerprint density at radius 1 is 1.08 bits per heavy atom. The highest BCUT2D eigenvalue weighted by atomic mass is 14.1. The highest BCUT2D eigenvalue weighted by molar-refractivity contribution is 4.89. The van der Waals surface area contributed by atoms with Crippen LogP contribution in [0.2, 0.25) is 0 Å². The predicted molar refractivity (Wildman–Crippen MR) is 61.7 cm³/mol. The highest BCUT2D eigenvalue weighted by Crippen LogP contribution is 2.16. The summed E-state index contributed by atoms with van der Waals surface area (Å²) in [5.74, 6) is 0.665. The quantitative estimate of drug-likeness (QED) is 0.355. The van der Waals surface area contributed by atoms with Crippen LogP contribution in [0.15, 0.2) is 12.7 Å². The summed E-state index contributed by atoms with van der Waals surface area (Å²) in [6.07, 6.45) is 13.8. The van der Waals surface area contributed by atoms with Crippen LogP contribution in [0.4, 0.5) is 0 Å². The second-order valence-corrected chi connectivity index (χ2v) is 3.77. The maximum absolute atomic E-state index is 3.89. The van der Waals surface area contributed by atoms with Gasteiger partial charge in [-0.3, -0.25) is 0 Å². The molecule has 0 aromatic carbocycles. The zero-order valence-electron chi connectivity index (χ0n) is 9.39. The molecule has 1 radical (unpaired) electrons. The van der Waals surface area contributed by atoms with Gasteiger partial charge in [0.05, 0.1) is 0 Å². The Balaban J connectivity index is 3.34. The van der Waals surface area contributed by atoms with Crippen LogP contribution in [-0.4, -0.2) is 0 Å². The van der Waals surface area contributed by atoms with E-state index in [1.807, 2.05) is 0 Å². The Morgan fingerprint density at radius 3 is 2.31 bits per heavy atom. The molecule has 0 aliphatic carbocycles. The van der Waals surface area contributed by atoms with E-state index in [-0.39, 0.29) is 0 Å². The van der Waals surface area contributed by atoms with E-state index in [1.54, 1.807) is 0 Å². The molecule has 0 fully saturated rings. The van der Waals surface area contributed by atoms with Crippen LogP contribution in [-0.2, 0) is 0 Å². The molecule has 0 bridgehead atoms. The van der Waals surface area contributed by atoms with E-state index >= 15 is 0 Å². The van der Waals surface area contributed by atoms with E-state index in [9.17, 15) is 0 Å². The summed E-state index contributed by atoms with van der Waals surface area (Å²) in [4.78, 5) is 0. The summed E-state index contributed by atoms with van der Waals surface area (Å²) < 4.78 is 0. The van der Waals surface area contributed by atoms with Gasteiger partial charge in [-0.1, -0.05) is 52.0 Å². The Kier molecular flexibility index (Phi) is 9.63. The molecule has 0 nitrogen and oxygen atoms in total. The predicted octanol–water partition coefficient (Wildman–Crippen LogP) is 4.76. The second kappa shape index (κ2) is 9.83. The summed E-state index contributed by atoms with van der Waals surface area (Å²) in [6.45, 7) is 8.38. The van der Waals surface area contributed by atoms with Crippen LogP contribution < -0.4 is 0 Å². The Bertz CT molecular complexity index is 94.6. The molecular weight excluding hydrogens is 156 g/mol. The minimum atomic E-state index is 0.665. The first-order chi connectivity index (χ1) is 6.35. The Labute approximate surface area is 84.4 Å². The summed E-state index contributed by atoms with van der Waals surface area (Å²) in [5.41, 5.74) is 0. The lowest BCUT2D eigenvalue weighted by molar-refractivity contribution is 0.566. The highest BCUT2D eigenvalue weighted by Gasteiger charge is 2.02. The molecule has 13 heavy (non-hydrogen) atoms. The van der Waals surface area contributed by atoms with Gasteiger partial charge < -0.3 is 0 Å². The van der Waals surface area contributed by atoms with Gasteiger partial charge in [0.15, 0.2) is 0 Å². The number of allylic oxidation sites excluding steroid dienone is 1. The van der Waals surface area contributed by atoms with Crippen molar-refractivity contribution in [3.63, 3.8) is 0 Å². The zero-order chi connectivity index (χ0) is 9.94. The normalized spacial score (nSPS) is 10.7. The van der Waals surface area contributed by atoms with Crippen molar-refractivity contribution in [2.75, 3.05) is 0 Å². The van der Waals surface area contributed by atoms with Crippen LogP contribution in [0.5, 0.6) is 0 Å². The van der Waals surface area contributed by atoms with Gasteiger partial charge in [0, 0.05) is 0 Å². The molecule has 0 aromatic heterocycles. The van der Waals surface area contributed by atoms with E-state index in [0.717, 1.165) is 0 Å². The van der Waals surface area contributed by atoms with Gasteiger partial charge in [-0.05, 0) is 25.2 Å². The summed E-state index contributed by atoms with van der Waals surface area (Å²) in [7, 11) is 0. The van der Waals surface area contributed by atoms with E-state index in [4.69, 9.17) is 0 Å². The monoisotopic (exact) mass is 181 g/mol. The number of rotatable bonds is 9. The average molecular weight is 181 g/mol.